The molecule has 6 heteroatoms. The highest BCUT2D eigenvalue weighted by Crippen LogP contribution is 2.30. The molecule has 2 rings (SSSR count). The molecule has 2 aromatic rings. The van der Waals surface area contributed by atoms with Crippen LogP contribution in [0.5, 0.6) is 5.75 Å². The Kier molecular flexibility index (Phi) is 4.44. The van der Waals surface area contributed by atoms with Crippen LogP contribution < -0.4 is 4.74 Å². The molecule has 0 saturated carbocycles. The summed E-state index contributed by atoms with van der Waals surface area (Å²) >= 11 is 1.14. The lowest BCUT2D eigenvalue weighted by atomic mass is 10.1. The van der Waals surface area contributed by atoms with E-state index in [1.807, 2.05) is 6.92 Å². The van der Waals surface area contributed by atoms with Gasteiger partial charge in [0.2, 0.25) is 0 Å². The van der Waals surface area contributed by atoms with Gasteiger partial charge in [-0.15, -0.1) is 5.10 Å². The summed E-state index contributed by atoms with van der Waals surface area (Å²) in [7, 11) is 1.40. The van der Waals surface area contributed by atoms with E-state index in [1.165, 1.54) is 19.2 Å². The molecule has 0 bridgehead atoms. The minimum atomic E-state index is -0.901. The molecule has 1 atom stereocenters. The fraction of sp³-hybridized carbons (Fsp3) is 0.385. The largest absolute Gasteiger partial charge is 0.494 e. The number of aliphatic hydroxyl groups is 1. The van der Waals surface area contributed by atoms with E-state index in [9.17, 15) is 9.50 Å². The van der Waals surface area contributed by atoms with Crippen LogP contribution in [0.2, 0.25) is 0 Å². The lowest BCUT2D eigenvalue weighted by Crippen LogP contribution is -2.02. The molecule has 0 spiro atoms. The summed E-state index contributed by atoms with van der Waals surface area (Å²) < 4.78 is 22.3. The lowest BCUT2D eigenvalue weighted by Gasteiger charge is -2.11. The Morgan fingerprint density at radius 3 is 2.89 bits per heavy atom. The minimum absolute atomic E-state index is 0.159. The molecule has 1 unspecified atom stereocenters. The number of hydrogen-bond donors (Lipinski definition) is 1. The van der Waals surface area contributed by atoms with Gasteiger partial charge in [-0.05, 0) is 35.6 Å². The summed E-state index contributed by atoms with van der Waals surface area (Å²) in [5.74, 6) is -0.333. The van der Waals surface area contributed by atoms with E-state index in [0.717, 1.165) is 30.1 Å². The Morgan fingerprint density at radius 2 is 2.26 bits per heavy atom. The zero-order valence-corrected chi connectivity index (χ0v) is 11.6. The highest BCUT2D eigenvalue weighted by atomic mass is 32.1. The monoisotopic (exact) mass is 282 g/mol. The van der Waals surface area contributed by atoms with Crippen LogP contribution in [-0.2, 0) is 6.42 Å². The third-order valence-corrected chi connectivity index (χ3v) is 3.63. The van der Waals surface area contributed by atoms with Crippen molar-refractivity contribution in [3.8, 4) is 5.75 Å². The van der Waals surface area contributed by atoms with E-state index in [1.54, 1.807) is 6.07 Å². The van der Waals surface area contributed by atoms with Crippen LogP contribution in [-0.4, -0.2) is 21.8 Å². The standard InChI is InChI=1S/C13H15FN2O2S/c1-3-4-10-13(19-16-15-10)12(17)8-5-6-11(18-2)9(14)7-8/h5-7,12,17H,3-4H2,1-2H3. The van der Waals surface area contributed by atoms with Gasteiger partial charge >= 0.3 is 0 Å². The summed E-state index contributed by atoms with van der Waals surface area (Å²) in [5.41, 5.74) is 1.25. The Morgan fingerprint density at radius 1 is 1.47 bits per heavy atom. The Hall–Kier alpha value is -1.53. The molecule has 0 aliphatic heterocycles. The second-order valence-electron chi connectivity index (χ2n) is 4.13. The quantitative estimate of drug-likeness (QED) is 0.916. The highest BCUT2D eigenvalue weighted by molar-refractivity contribution is 7.05. The van der Waals surface area contributed by atoms with Crippen molar-refractivity contribution in [2.45, 2.75) is 25.9 Å². The van der Waals surface area contributed by atoms with E-state index in [4.69, 9.17) is 4.74 Å². The SMILES string of the molecule is CCCc1nnsc1C(O)c1ccc(OC)c(F)c1. The molecule has 1 N–H and O–H groups in total. The number of aliphatic hydroxyl groups excluding tert-OH is 1. The lowest BCUT2D eigenvalue weighted by molar-refractivity contribution is 0.222. The third kappa shape index (κ3) is 2.90. The van der Waals surface area contributed by atoms with Crippen molar-refractivity contribution in [3.05, 3.63) is 40.2 Å². The number of benzene rings is 1. The molecule has 0 radical (unpaired) electrons. The van der Waals surface area contributed by atoms with Crippen LogP contribution in [0.15, 0.2) is 18.2 Å². The van der Waals surface area contributed by atoms with E-state index >= 15 is 0 Å². The molecule has 1 heterocycles. The number of aromatic nitrogens is 2. The Balaban J connectivity index is 2.30. The van der Waals surface area contributed by atoms with Gasteiger partial charge in [-0.2, -0.15) is 0 Å². The number of rotatable bonds is 5. The summed E-state index contributed by atoms with van der Waals surface area (Å²) in [6, 6.07) is 4.42. The number of methoxy groups -OCH3 is 1. The van der Waals surface area contributed by atoms with Crippen molar-refractivity contribution < 1.29 is 14.2 Å². The van der Waals surface area contributed by atoms with Gasteiger partial charge in [0.25, 0.3) is 0 Å². The van der Waals surface area contributed by atoms with Gasteiger partial charge in [-0.3, -0.25) is 0 Å². The van der Waals surface area contributed by atoms with Gasteiger partial charge in [-0.25, -0.2) is 4.39 Å². The van der Waals surface area contributed by atoms with Crippen LogP contribution in [0.4, 0.5) is 4.39 Å². The molecule has 1 aromatic carbocycles. The fourth-order valence-corrected chi connectivity index (χ4v) is 2.55. The molecule has 1 aromatic heterocycles. The first-order valence-electron chi connectivity index (χ1n) is 6.00. The van der Waals surface area contributed by atoms with Gasteiger partial charge in [0.15, 0.2) is 11.6 Å². The highest BCUT2D eigenvalue weighted by Gasteiger charge is 2.19. The number of aryl methyl sites for hydroxylation is 1. The zero-order valence-electron chi connectivity index (χ0n) is 10.8. The smallest absolute Gasteiger partial charge is 0.165 e. The Bertz CT molecular complexity index is 559. The van der Waals surface area contributed by atoms with Crippen molar-refractivity contribution in [2.24, 2.45) is 0 Å². The molecular formula is C13H15FN2O2S. The summed E-state index contributed by atoms with van der Waals surface area (Å²) in [6.07, 6.45) is 0.769. The molecule has 4 nitrogen and oxygen atoms in total. The van der Waals surface area contributed by atoms with Crippen molar-refractivity contribution >= 4 is 11.5 Å². The predicted molar refractivity (Wildman–Crippen MR) is 70.9 cm³/mol. The van der Waals surface area contributed by atoms with Crippen LogP contribution in [0.1, 0.15) is 35.6 Å². The second-order valence-corrected chi connectivity index (χ2v) is 4.92. The van der Waals surface area contributed by atoms with Crippen molar-refractivity contribution in [2.75, 3.05) is 7.11 Å². The van der Waals surface area contributed by atoms with Crippen molar-refractivity contribution in [1.29, 1.82) is 0 Å². The molecule has 0 aliphatic rings. The number of ether oxygens (including phenoxy) is 1. The topological polar surface area (TPSA) is 55.2 Å². The number of hydrogen-bond acceptors (Lipinski definition) is 5. The molecule has 0 saturated heterocycles. The van der Waals surface area contributed by atoms with Gasteiger partial charge in [0, 0.05) is 0 Å². The Labute approximate surface area is 115 Å². The van der Waals surface area contributed by atoms with Crippen LogP contribution in [0.25, 0.3) is 0 Å². The van der Waals surface area contributed by atoms with E-state index < -0.39 is 11.9 Å². The van der Waals surface area contributed by atoms with E-state index in [0.29, 0.717) is 10.4 Å². The number of halogens is 1. The predicted octanol–water partition coefficient (Wildman–Crippen LogP) is 2.72. The van der Waals surface area contributed by atoms with Crippen LogP contribution in [0.3, 0.4) is 0 Å². The third-order valence-electron chi connectivity index (χ3n) is 2.81. The maximum Gasteiger partial charge on any atom is 0.165 e. The average Bonchev–Trinajstić information content (AvgIpc) is 2.86. The zero-order chi connectivity index (χ0) is 13.8. The van der Waals surface area contributed by atoms with E-state index in [-0.39, 0.29) is 5.75 Å². The van der Waals surface area contributed by atoms with Gasteiger partial charge in [0.1, 0.15) is 6.10 Å². The van der Waals surface area contributed by atoms with Crippen molar-refractivity contribution in [3.63, 3.8) is 0 Å². The minimum Gasteiger partial charge on any atom is -0.494 e. The molecule has 102 valence electrons. The van der Waals surface area contributed by atoms with Gasteiger partial charge in [-0.1, -0.05) is 23.9 Å². The normalized spacial score (nSPS) is 12.4. The fourth-order valence-electron chi connectivity index (χ4n) is 1.84. The summed E-state index contributed by atoms with van der Waals surface area (Å²) in [6.45, 7) is 2.03. The second kappa shape index (κ2) is 6.08. The maximum atomic E-state index is 13.6. The molecule has 0 amide bonds. The van der Waals surface area contributed by atoms with Crippen LogP contribution in [0, 0.1) is 5.82 Å². The van der Waals surface area contributed by atoms with Crippen molar-refractivity contribution in [1.82, 2.24) is 9.59 Å². The molecular weight excluding hydrogens is 267 g/mol. The first kappa shape index (κ1) is 13.9. The molecule has 0 aliphatic carbocycles. The van der Waals surface area contributed by atoms with Crippen LogP contribution >= 0.6 is 11.5 Å². The molecule has 0 fully saturated rings. The summed E-state index contributed by atoms with van der Waals surface area (Å²) in [4.78, 5) is 0.673. The molecule has 19 heavy (non-hydrogen) atoms. The summed E-state index contributed by atoms with van der Waals surface area (Å²) in [5, 5.41) is 14.3. The number of nitrogens with zero attached hydrogens (tertiary/aromatic N) is 2. The average molecular weight is 282 g/mol. The van der Waals surface area contributed by atoms with Gasteiger partial charge in [0.05, 0.1) is 17.7 Å². The first-order chi connectivity index (χ1) is 9.17. The maximum absolute atomic E-state index is 13.6. The van der Waals surface area contributed by atoms with Gasteiger partial charge < -0.3 is 9.84 Å². The van der Waals surface area contributed by atoms with E-state index in [2.05, 4.69) is 9.59 Å². The first-order valence-corrected chi connectivity index (χ1v) is 6.77.